The Kier molecular flexibility index (Phi) is 5.77. The van der Waals surface area contributed by atoms with Crippen molar-refractivity contribution in [1.29, 1.82) is 0 Å². The number of aromatic nitrogens is 4. The second-order valence-corrected chi connectivity index (χ2v) is 6.29. The van der Waals surface area contributed by atoms with Gasteiger partial charge in [0.15, 0.2) is 0 Å². The van der Waals surface area contributed by atoms with Crippen LogP contribution in [0.3, 0.4) is 0 Å². The average Bonchev–Trinajstić information content (AvgIpc) is 3.15. The van der Waals surface area contributed by atoms with Crippen molar-refractivity contribution in [3.05, 3.63) is 59.9 Å². The van der Waals surface area contributed by atoms with Crippen LogP contribution in [0.5, 0.6) is 0 Å². The Morgan fingerprint density at radius 3 is 2.67 bits per heavy atom. The van der Waals surface area contributed by atoms with Gasteiger partial charge in [-0.25, -0.2) is 4.39 Å². The third kappa shape index (κ3) is 4.67. The highest BCUT2D eigenvalue weighted by molar-refractivity contribution is 7.99. The number of tetrazole rings is 1. The lowest BCUT2D eigenvalue weighted by atomic mass is 10.2. The van der Waals surface area contributed by atoms with Crippen LogP contribution in [0, 0.1) is 5.82 Å². The van der Waals surface area contributed by atoms with Crippen LogP contribution >= 0.6 is 11.8 Å². The van der Waals surface area contributed by atoms with Crippen molar-refractivity contribution in [2.24, 2.45) is 0 Å². The van der Waals surface area contributed by atoms with Crippen LogP contribution in [0.15, 0.2) is 53.7 Å². The van der Waals surface area contributed by atoms with E-state index < -0.39 is 5.82 Å². The Balaban J connectivity index is 1.60. The van der Waals surface area contributed by atoms with Crippen molar-refractivity contribution >= 4 is 29.3 Å². The van der Waals surface area contributed by atoms with Crippen molar-refractivity contribution in [1.82, 2.24) is 25.5 Å². The van der Waals surface area contributed by atoms with E-state index in [1.54, 1.807) is 43.4 Å². The molecule has 0 aliphatic heterocycles. The molecule has 1 aromatic heterocycles. The molecular weight excluding hydrogens is 371 g/mol. The summed E-state index contributed by atoms with van der Waals surface area (Å²) in [4.78, 5) is 23.6. The van der Waals surface area contributed by atoms with E-state index in [-0.39, 0.29) is 17.6 Å². The monoisotopic (exact) mass is 386 g/mol. The molecule has 0 fully saturated rings. The summed E-state index contributed by atoms with van der Waals surface area (Å²) in [5.41, 5.74) is 1.53. The van der Waals surface area contributed by atoms with E-state index in [4.69, 9.17) is 0 Å². The Morgan fingerprint density at radius 1 is 1.19 bits per heavy atom. The van der Waals surface area contributed by atoms with Crippen LogP contribution in [-0.2, 0) is 4.79 Å². The van der Waals surface area contributed by atoms with E-state index in [9.17, 15) is 14.0 Å². The van der Waals surface area contributed by atoms with Gasteiger partial charge in [0.2, 0.25) is 11.1 Å². The molecule has 0 aliphatic carbocycles. The molecule has 0 saturated heterocycles. The zero-order valence-corrected chi connectivity index (χ0v) is 15.0. The number of nitrogens with zero attached hydrogens (tertiary/aromatic N) is 4. The number of rotatable bonds is 6. The first kappa shape index (κ1) is 18.5. The molecule has 0 spiro atoms. The van der Waals surface area contributed by atoms with Crippen LogP contribution in [0.4, 0.5) is 10.1 Å². The van der Waals surface area contributed by atoms with E-state index in [1.807, 2.05) is 0 Å². The SMILES string of the molecule is CNC(=O)c1ccc(NC(=O)CSc2nnnn2-c2cccc(F)c2)cc1. The molecule has 10 heteroatoms. The van der Waals surface area contributed by atoms with Gasteiger partial charge in [-0.1, -0.05) is 17.8 Å². The number of carbonyl (C=O) groups is 2. The lowest BCUT2D eigenvalue weighted by Crippen LogP contribution is -2.18. The van der Waals surface area contributed by atoms with Gasteiger partial charge in [-0.2, -0.15) is 4.68 Å². The van der Waals surface area contributed by atoms with Gasteiger partial charge in [-0.15, -0.1) is 5.10 Å². The van der Waals surface area contributed by atoms with Crippen LogP contribution in [-0.4, -0.2) is 44.8 Å². The molecule has 0 radical (unpaired) electrons. The summed E-state index contributed by atoms with van der Waals surface area (Å²) in [7, 11) is 1.55. The largest absolute Gasteiger partial charge is 0.355 e. The summed E-state index contributed by atoms with van der Waals surface area (Å²) in [5, 5.41) is 16.9. The minimum atomic E-state index is -0.406. The van der Waals surface area contributed by atoms with Crippen molar-refractivity contribution in [3.63, 3.8) is 0 Å². The molecule has 0 saturated carbocycles. The summed E-state index contributed by atoms with van der Waals surface area (Å²) in [6.07, 6.45) is 0. The number of hydrogen-bond acceptors (Lipinski definition) is 6. The maximum absolute atomic E-state index is 13.4. The fourth-order valence-corrected chi connectivity index (χ4v) is 2.91. The van der Waals surface area contributed by atoms with Gasteiger partial charge in [0.05, 0.1) is 11.4 Å². The molecule has 3 rings (SSSR count). The van der Waals surface area contributed by atoms with E-state index in [0.29, 0.717) is 22.1 Å². The predicted octanol–water partition coefficient (Wildman–Crippen LogP) is 1.89. The third-order valence-electron chi connectivity index (χ3n) is 3.48. The number of amides is 2. The standard InChI is InChI=1S/C17H15FN6O2S/c1-19-16(26)11-5-7-13(8-6-11)20-15(25)10-27-17-21-22-23-24(17)14-4-2-3-12(18)9-14/h2-9H,10H2,1H3,(H,19,26)(H,20,25). The quantitative estimate of drug-likeness (QED) is 0.628. The van der Waals surface area contributed by atoms with Crippen molar-refractivity contribution in [2.45, 2.75) is 5.16 Å². The molecule has 3 aromatic rings. The Bertz CT molecular complexity index is 960. The van der Waals surface area contributed by atoms with E-state index in [1.165, 1.54) is 16.8 Å². The third-order valence-corrected chi connectivity index (χ3v) is 4.40. The first-order valence-electron chi connectivity index (χ1n) is 7.86. The maximum Gasteiger partial charge on any atom is 0.251 e. The number of thioether (sulfide) groups is 1. The number of halogens is 1. The zero-order valence-electron chi connectivity index (χ0n) is 14.2. The van der Waals surface area contributed by atoms with Gasteiger partial charge in [-0.05, 0) is 52.9 Å². The van der Waals surface area contributed by atoms with Crippen LogP contribution < -0.4 is 10.6 Å². The smallest absolute Gasteiger partial charge is 0.251 e. The average molecular weight is 386 g/mol. The number of hydrogen-bond donors (Lipinski definition) is 2. The van der Waals surface area contributed by atoms with Gasteiger partial charge in [0, 0.05) is 18.3 Å². The maximum atomic E-state index is 13.4. The van der Waals surface area contributed by atoms with Crippen molar-refractivity contribution in [3.8, 4) is 5.69 Å². The fraction of sp³-hybridized carbons (Fsp3) is 0.118. The minimum absolute atomic E-state index is 0.0624. The van der Waals surface area contributed by atoms with Gasteiger partial charge in [0.25, 0.3) is 5.91 Å². The number of anilines is 1. The first-order valence-corrected chi connectivity index (χ1v) is 8.84. The molecule has 2 aromatic carbocycles. The summed E-state index contributed by atoms with van der Waals surface area (Å²) >= 11 is 1.12. The minimum Gasteiger partial charge on any atom is -0.355 e. The molecule has 8 nitrogen and oxygen atoms in total. The van der Waals surface area contributed by atoms with Gasteiger partial charge in [0.1, 0.15) is 5.82 Å². The number of benzene rings is 2. The molecule has 0 aliphatic rings. The summed E-state index contributed by atoms with van der Waals surface area (Å²) in [6.45, 7) is 0. The Morgan fingerprint density at radius 2 is 1.96 bits per heavy atom. The first-order chi connectivity index (χ1) is 13.1. The van der Waals surface area contributed by atoms with Crippen molar-refractivity contribution < 1.29 is 14.0 Å². The fourth-order valence-electron chi connectivity index (χ4n) is 2.22. The van der Waals surface area contributed by atoms with Crippen LogP contribution in [0.2, 0.25) is 0 Å². The Labute approximate surface area is 158 Å². The number of carbonyl (C=O) groups excluding carboxylic acids is 2. The highest BCUT2D eigenvalue weighted by atomic mass is 32.2. The van der Waals surface area contributed by atoms with Crippen molar-refractivity contribution in [2.75, 3.05) is 18.1 Å². The molecule has 27 heavy (non-hydrogen) atoms. The van der Waals surface area contributed by atoms with Gasteiger partial charge < -0.3 is 10.6 Å². The molecular formula is C17H15FN6O2S. The van der Waals surface area contributed by atoms with E-state index in [2.05, 4.69) is 26.2 Å². The molecule has 0 bridgehead atoms. The highest BCUT2D eigenvalue weighted by Crippen LogP contribution is 2.19. The van der Waals surface area contributed by atoms with Crippen LogP contribution in [0.1, 0.15) is 10.4 Å². The second kappa shape index (κ2) is 8.41. The summed E-state index contributed by atoms with van der Waals surface area (Å²) in [5.74, 6) is -0.807. The van der Waals surface area contributed by atoms with E-state index >= 15 is 0 Å². The van der Waals surface area contributed by atoms with Gasteiger partial charge in [-0.3, -0.25) is 9.59 Å². The van der Waals surface area contributed by atoms with Crippen LogP contribution in [0.25, 0.3) is 5.69 Å². The lowest BCUT2D eigenvalue weighted by molar-refractivity contribution is -0.113. The topological polar surface area (TPSA) is 102 Å². The normalized spacial score (nSPS) is 10.4. The molecule has 2 N–H and O–H groups in total. The summed E-state index contributed by atoms with van der Waals surface area (Å²) in [6, 6.07) is 12.4. The second-order valence-electron chi connectivity index (χ2n) is 5.35. The molecule has 2 amide bonds. The van der Waals surface area contributed by atoms with Gasteiger partial charge >= 0.3 is 0 Å². The molecule has 0 unspecified atom stereocenters. The predicted molar refractivity (Wildman–Crippen MR) is 98.3 cm³/mol. The van der Waals surface area contributed by atoms with E-state index in [0.717, 1.165) is 11.8 Å². The molecule has 1 heterocycles. The summed E-state index contributed by atoms with van der Waals surface area (Å²) < 4.78 is 14.7. The zero-order chi connectivity index (χ0) is 19.2. The number of nitrogens with one attached hydrogen (secondary N) is 2. The highest BCUT2D eigenvalue weighted by Gasteiger charge is 2.12. The lowest BCUT2D eigenvalue weighted by Gasteiger charge is -2.07. The molecule has 0 atom stereocenters. The molecule has 138 valence electrons. The Hall–Kier alpha value is -3.27.